The Bertz CT molecular complexity index is 1790. The van der Waals surface area contributed by atoms with Crippen LogP contribution in [0, 0.1) is 29.6 Å². The fourth-order valence-corrected chi connectivity index (χ4v) is 11.9. The highest BCUT2D eigenvalue weighted by molar-refractivity contribution is 8.00. The van der Waals surface area contributed by atoms with Crippen LogP contribution in [0.25, 0.3) is 0 Å². The molecule has 0 amide bonds. The SMILES string of the molecule is CC(C)C(=O)C(C)(C)N(C)C(C)C.CC(C)C(=O)C1CSC(C)N1C(C)C.CC(C)C(=O)C1CSCN1C(C)C.CC(C)NC(Cc1ccc(Cl)c(Cl)c1)C(=O)C(C)C.CC(C)NC1(C(=O)C(C)C)CC1. The van der Waals surface area contributed by atoms with Crippen LogP contribution < -0.4 is 10.6 Å². The summed E-state index contributed by atoms with van der Waals surface area (Å²) in [5.74, 6) is 5.30. The first kappa shape index (κ1) is 69.7. The molecule has 71 heavy (non-hydrogen) atoms. The zero-order chi connectivity index (χ0) is 55.6. The molecule has 0 aromatic heterocycles. The van der Waals surface area contributed by atoms with Crippen LogP contribution in [0.15, 0.2) is 18.2 Å². The fraction of sp³-hybridized carbons (Fsp3) is 0.807. The maximum Gasteiger partial charge on any atom is 0.155 e. The Morgan fingerprint density at radius 1 is 0.704 bits per heavy atom. The molecule has 1 saturated carbocycles. The molecule has 1 aromatic rings. The maximum absolute atomic E-state index is 12.2. The average molecular weight is 1070 g/mol. The summed E-state index contributed by atoms with van der Waals surface area (Å²) in [5.41, 5.74) is 0.534. The lowest BCUT2D eigenvalue weighted by Gasteiger charge is -2.38. The van der Waals surface area contributed by atoms with E-state index in [1.807, 2.05) is 140 Å². The number of nitrogens with one attached hydrogen (secondary N) is 2. The summed E-state index contributed by atoms with van der Waals surface area (Å²) in [4.78, 5) is 66.3. The molecule has 0 bridgehead atoms. The number of ketones is 5. The van der Waals surface area contributed by atoms with Gasteiger partial charge in [-0.25, -0.2) is 0 Å². The van der Waals surface area contributed by atoms with E-state index in [0.717, 1.165) is 35.8 Å². The third-order valence-electron chi connectivity index (χ3n) is 13.2. The number of rotatable bonds is 20. The molecule has 1 aromatic carbocycles. The number of halogens is 2. The molecule has 4 atom stereocenters. The van der Waals surface area contributed by atoms with E-state index in [1.165, 1.54) is 0 Å². The number of thioether (sulfide) groups is 2. The number of benzene rings is 1. The summed E-state index contributed by atoms with van der Waals surface area (Å²) in [6.45, 7) is 47.0. The highest BCUT2D eigenvalue weighted by atomic mass is 35.5. The molecule has 2 saturated heterocycles. The quantitative estimate of drug-likeness (QED) is 0.129. The van der Waals surface area contributed by atoms with Crippen LogP contribution in [-0.2, 0) is 30.4 Å². The van der Waals surface area contributed by atoms with Crippen molar-refractivity contribution in [2.24, 2.45) is 29.6 Å². The predicted octanol–water partition coefficient (Wildman–Crippen LogP) is 12.6. The number of likely N-dealkylation sites (N-methyl/N-ethyl adjacent to an activating group) is 1. The lowest BCUT2D eigenvalue weighted by molar-refractivity contribution is -0.132. The first-order chi connectivity index (χ1) is 32.5. The second kappa shape index (κ2) is 32.3. The van der Waals surface area contributed by atoms with Gasteiger partial charge in [0.2, 0.25) is 0 Å². The molecule has 10 nitrogen and oxygen atoms in total. The van der Waals surface area contributed by atoms with Crippen LogP contribution in [0.2, 0.25) is 10.0 Å². The molecule has 0 spiro atoms. The summed E-state index contributed by atoms with van der Waals surface area (Å²) in [6, 6.07) is 7.67. The van der Waals surface area contributed by atoms with E-state index in [9.17, 15) is 24.0 Å². The van der Waals surface area contributed by atoms with Crippen molar-refractivity contribution in [1.29, 1.82) is 0 Å². The van der Waals surface area contributed by atoms with Crippen LogP contribution in [0.1, 0.15) is 178 Å². The Morgan fingerprint density at radius 2 is 1.23 bits per heavy atom. The standard InChI is InChI=1S/C15H21Cl2NO.C11H21NOS.C11H23NO.C10H19NOS.C10H19NO/c1-9(2)15(19)14(18-10(3)4)8-11-5-6-12(16)13(17)7-11;1-7(2)11(13)10-6-14-9(5)12(10)8(3)4;1-8(2)10(13)11(5,6)12(7)9(3)4;1-7(2)10(12)9-5-13-6-11(9)8(3)4;1-7(2)9(12)10(5-6-10)11-8(3)4/h5-7,9-10,14,18H,8H2,1-4H3;7-10H,6H2,1-5H3;8-9H,1-7H3;7-9H,5-6H2,1-4H3;7-8,11H,5-6H2,1-4H3. The number of hydrogen-bond donors (Lipinski definition) is 2. The van der Waals surface area contributed by atoms with Gasteiger partial charge in [-0.2, -0.15) is 0 Å². The van der Waals surface area contributed by atoms with E-state index in [0.29, 0.717) is 69.1 Å². The molecule has 4 unspecified atom stereocenters. The van der Waals surface area contributed by atoms with Gasteiger partial charge in [-0.1, -0.05) is 112 Å². The van der Waals surface area contributed by atoms with Crippen LogP contribution in [0.4, 0.5) is 0 Å². The van der Waals surface area contributed by atoms with Crippen molar-refractivity contribution in [2.45, 2.75) is 243 Å². The smallest absolute Gasteiger partial charge is 0.155 e. The van der Waals surface area contributed by atoms with E-state index in [-0.39, 0.29) is 70.6 Å². The summed E-state index contributed by atoms with van der Waals surface area (Å²) in [6.07, 6.45) is 2.69. The summed E-state index contributed by atoms with van der Waals surface area (Å²) in [5, 5.41) is 8.23. The predicted molar refractivity (Wildman–Crippen MR) is 309 cm³/mol. The molecule has 3 aliphatic rings. The van der Waals surface area contributed by atoms with E-state index < -0.39 is 0 Å². The summed E-state index contributed by atoms with van der Waals surface area (Å²) >= 11 is 15.7. The van der Waals surface area contributed by atoms with Crippen molar-refractivity contribution in [3.8, 4) is 0 Å². The normalized spacial score (nSPS) is 19.5. The second-order valence-electron chi connectivity index (χ2n) is 23.3. The number of carbonyl (C=O) groups excluding carboxylic acids is 5. The Kier molecular flexibility index (Phi) is 31.7. The van der Waals surface area contributed by atoms with Gasteiger partial charge in [-0.3, -0.25) is 38.7 Å². The zero-order valence-electron chi connectivity index (χ0n) is 49.0. The lowest BCUT2D eigenvalue weighted by atomic mass is 9.89. The summed E-state index contributed by atoms with van der Waals surface area (Å²) in [7, 11) is 2.00. The Labute approximate surface area is 453 Å². The number of nitrogens with zero attached hydrogens (tertiary/aromatic N) is 3. The minimum absolute atomic E-state index is 0.0130. The molecule has 3 fully saturated rings. The maximum atomic E-state index is 12.2. The molecular weight excluding hydrogens is 970 g/mol. The number of hydrogen-bond acceptors (Lipinski definition) is 12. The largest absolute Gasteiger partial charge is 0.305 e. The minimum Gasteiger partial charge on any atom is -0.305 e. The van der Waals surface area contributed by atoms with Crippen LogP contribution >= 0.6 is 46.7 Å². The van der Waals surface area contributed by atoms with Gasteiger partial charge < -0.3 is 10.6 Å². The lowest BCUT2D eigenvalue weighted by Crippen LogP contribution is -2.52. The third-order valence-corrected chi connectivity index (χ3v) is 16.2. The van der Waals surface area contributed by atoms with Crippen molar-refractivity contribution in [2.75, 3.05) is 24.4 Å². The van der Waals surface area contributed by atoms with Crippen LogP contribution in [-0.4, -0.2) is 133 Å². The molecule has 0 radical (unpaired) electrons. The topological polar surface area (TPSA) is 119 Å². The van der Waals surface area contributed by atoms with Crippen molar-refractivity contribution in [3.05, 3.63) is 33.8 Å². The number of Topliss-reactive ketones (excluding diaryl/α,β-unsaturated/α-hetero) is 5. The molecule has 2 N–H and O–H groups in total. The Hall–Kier alpha value is -1.35. The first-order valence-corrected chi connectivity index (χ1v) is 29.6. The highest BCUT2D eigenvalue weighted by Gasteiger charge is 2.50. The molecule has 4 rings (SSSR count). The minimum atomic E-state index is -0.345. The van der Waals surface area contributed by atoms with Crippen LogP contribution in [0.3, 0.4) is 0 Å². The van der Waals surface area contributed by atoms with E-state index in [2.05, 4.69) is 87.6 Å². The van der Waals surface area contributed by atoms with Gasteiger partial charge in [0.25, 0.3) is 0 Å². The molecule has 412 valence electrons. The first-order valence-electron chi connectivity index (χ1n) is 26.6. The van der Waals surface area contributed by atoms with Crippen molar-refractivity contribution in [1.82, 2.24) is 25.3 Å². The van der Waals surface area contributed by atoms with E-state index >= 15 is 0 Å². The summed E-state index contributed by atoms with van der Waals surface area (Å²) < 4.78 is 0. The Morgan fingerprint density at radius 3 is 1.61 bits per heavy atom. The second-order valence-corrected chi connectivity index (χ2v) is 26.5. The molecule has 1 aliphatic carbocycles. The zero-order valence-corrected chi connectivity index (χ0v) is 52.2. The van der Waals surface area contributed by atoms with E-state index in [4.69, 9.17) is 23.2 Å². The highest BCUT2D eigenvalue weighted by Crippen LogP contribution is 2.39. The molecular formula is C57H103Cl2N5O5S2. The number of carbonyl (C=O) groups is 5. The van der Waals surface area contributed by atoms with Crippen molar-refractivity contribution < 1.29 is 24.0 Å². The fourth-order valence-electron chi connectivity index (χ4n) is 8.81. The average Bonchev–Trinajstić information content (AvgIpc) is 3.65. The van der Waals surface area contributed by atoms with Gasteiger partial charge in [0.15, 0.2) is 28.9 Å². The molecule has 14 heteroatoms. The van der Waals surface area contributed by atoms with Gasteiger partial charge in [0.1, 0.15) is 0 Å². The van der Waals surface area contributed by atoms with Gasteiger partial charge >= 0.3 is 0 Å². The van der Waals surface area contributed by atoms with Gasteiger partial charge in [0, 0.05) is 77.2 Å². The van der Waals surface area contributed by atoms with Crippen LogP contribution in [0.5, 0.6) is 0 Å². The van der Waals surface area contributed by atoms with Crippen molar-refractivity contribution >= 4 is 75.6 Å². The van der Waals surface area contributed by atoms with E-state index in [1.54, 1.807) is 6.07 Å². The molecule has 2 heterocycles. The molecule has 2 aliphatic heterocycles. The third kappa shape index (κ3) is 23.2. The van der Waals surface area contributed by atoms with Gasteiger partial charge in [0.05, 0.1) is 44.6 Å². The van der Waals surface area contributed by atoms with Crippen molar-refractivity contribution in [3.63, 3.8) is 0 Å². The van der Waals surface area contributed by atoms with Gasteiger partial charge in [-0.15, -0.1) is 23.5 Å². The van der Waals surface area contributed by atoms with Gasteiger partial charge in [-0.05, 0) is 120 Å². The Balaban J connectivity index is 0.000000872. The monoisotopic (exact) mass is 1070 g/mol.